The van der Waals surface area contributed by atoms with Crippen LogP contribution in [0.25, 0.3) is 0 Å². The van der Waals surface area contributed by atoms with Gasteiger partial charge in [-0.25, -0.2) is 0 Å². The molecule has 1 N–H and O–H groups in total. The Kier molecular flexibility index (Phi) is 6.14. The molecule has 2 rings (SSSR count). The van der Waals surface area contributed by atoms with E-state index in [-0.39, 0.29) is 0 Å². The molecule has 1 aliphatic heterocycles. The van der Waals surface area contributed by atoms with Crippen LogP contribution in [-0.2, 0) is 6.54 Å². The third-order valence-electron chi connectivity index (χ3n) is 3.69. The summed E-state index contributed by atoms with van der Waals surface area (Å²) in [6.07, 6.45) is 3.78. The molecule has 1 heterocycles. The molecule has 19 heavy (non-hydrogen) atoms. The molecule has 0 radical (unpaired) electrons. The molecule has 1 fully saturated rings. The molecule has 0 aliphatic carbocycles. The molecule has 0 aromatic heterocycles. The Hall–Kier alpha value is -0.0900. The Morgan fingerprint density at radius 1 is 1.47 bits per heavy atom. The van der Waals surface area contributed by atoms with Crippen molar-refractivity contribution in [1.29, 1.82) is 0 Å². The van der Waals surface area contributed by atoms with Crippen molar-refractivity contribution >= 4 is 27.5 Å². The fourth-order valence-electron chi connectivity index (χ4n) is 2.69. The van der Waals surface area contributed by atoms with Gasteiger partial charge in [0.1, 0.15) is 0 Å². The fraction of sp³-hybridized carbons (Fsp3) is 0.600. The molecular weight excluding hydrogens is 324 g/mol. The summed E-state index contributed by atoms with van der Waals surface area (Å²) in [4.78, 5) is 2.60. The number of halogens is 2. The van der Waals surface area contributed by atoms with E-state index < -0.39 is 0 Å². The first-order valence-electron chi connectivity index (χ1n) is 7.09. The van der Waals surface area contributed by atoms with Gasteiger partial charge in [0.2, 0.25) is 0 Å². The summed E-state index contributed by atoms with van der Waals surface area (Å²) in [5, 5.41) is 4.30. The second-order valence-corrected chi connectivity index (χ2v) is 6.50. The van der Waals surface area contributed by atoms with E-state index in [4.69, 9.17) is 11.6 Å². The van der Waals surface area contributed by atoms with Gasteiger partial charge in [0.05, 0.1) is 0 Å². The van der Waals surface area contributed by atoms with Crippen LogP contribution in [0.3, 0.4) is 0 Å². The predicted molar refractivity (Wildman–Crippen MR) is 85.7 cm³/mol. The minimum absolute atomic E-state index is 0.663. The number of rotatable bonds is 5. The van der Waals surface area contributed by atoms with Gasteiger partial charge in [0.25, 0.3) is 0 Å². The lowest BCUT2D eigenvalue weighted by molar-refractivity contribution is 0.157. The molecule has 1 aromatic rings. The van der Waals surface area contributed by atoms with E-state index in [9.17, 15) is 0 Å². The second-order valence-electron chi connectivity index (χ2n) is 5.21. The average molecular weight is 346 g/mol. The molecule has 1 aromatic carbocycles. The van der Waals surface area contributed by atoms with Crippen molar-refractivity contribution in [2.45, 2.75) is 38.8 Å². The number of nitrogens with one attached hydrogen (secondary N) is 1. The number of hydrogen-bond donors (Lipinski definition) is 1. The Morgan fingerprint density at radius 2 is 2.32 bits per heavy atom. The zero-order valence-corrected chi connectivity index (χ0v) is 13.8. The highest BCUT2D eigenvalue weighted by Crippen LogP contribution is 2.24. The quantitative estimate of drug-likeness (QED) is 0.865. The van der Waals surface area contributed by atoms with E-state index in [1.807, 2.05) is 12.1 Å². The standard InChI is InChI=1S/C15H22BrClN2/c1-2-8-19(14-4-3-7-18-10-14)11-12-5-6-13(17)9-15(12)16/h5-6,9,14,18H,2-4,7-8,10-11H2,1H3. The largest absolute Gasteiger partial charge is 0.315 e. The van der Waals surface area contributed by atoms with E-state index >= 15 is 0 Å². The molecule has 1 saturated heterocycles. The van der Waals surface area contributed by atoms with Gasteiger partial charge in [0.15, 0.2) is 0 Å². The highest BCUT2D eigenvalue weighted by molar-refractivity contribution is 9.10. The average Bonchev–Trinajstić information content (AvgIpc) is 2.42. The maximum absolute atomic E-state index is 6.01. The van der Waals surface area contributed by atoms with Gasteiger partial charge >= 0.3 is 0 Å². The first kappa shape index (κ1) is 15.3. The van der Waals surface area contributed by atoms with Crippen LogP contribution in [0.15, 0.2) is 22.7 Å². The maximum Gasteiger partial charge on any atom is 0.0417 e. The van der Waals surface area contributed by atoms with Crippen LogP contribution < -0.4 is 5.32 Å². The minimum atomic E-state index is 0.663. The van der Waals surface area contributed by atoms with Crippen LogP contribution in [-0.4, -0.2) is 30.6 Å². The molecule has 1 unspecified atom stereocenters. The van der Waals surface area contributed by atoms with Gasteiger partial charge in [0, 0.05) is 28.6 Å². The van der Waals surface area contributed by atoms with Gasteiger partial charge < -0.3 is 5.32 Å². The van der Waals surface area contributed by atoms with E-state index in [0.29, 0.717) is 6.04 Å². The highest BCUT2D eigenvalue weighted by atomic mass is 79.9. The summed E-state index contributed by atoms with van der Waals surface area (Å²) in [5.74, 6) is 0. The van der Waals surface area contributed by atoms with E-state index in [2.05, 4.69) is 39.1 Å². The second kappa shape index (κ2) is 7.63. The third kappa shape index (κ3) is 4.45. The Bertz CT molecular complexity index is 405. The number of hydrogen-bond acceptors (Lipinski definition) is 2. The molecule has 1 aliphatic rings. The lowest BCUT2D eigenvalue weighted by atomic mass is 10.0. The monoisotopic (exact) mass is 344 g/mol. The molecule has 0 spiro atoms. The number of piperidine rings is 1. The van der Waals surface area contributed by atoms with Gasteiger partial charge in [-0.1, -0.05) is 40.5 Å². The van der Waals surface area contributed by atoms with Crippen molar-refractivity contribution < 1.29 is 0 Å². The lowest BCUT2D eigenvalue weighted by Gasteiger charge is -2.34. The van der Waals surface area contributed by atoms with Crippen molar-refractivity contribution in [2.24, 2.45) is 0 Å². The summed E-state index contributed by atoms with van der Waals surface area (Å²) in [6, 6.07) is 6.76. The van der Waals surface area contributed by atoms with E-state index in [1.54, 1.807) is 0 Å². The molecule has 4 heteroatoms. The van der Waals surface area contributed by atoms with Crippen LogP contribution >= 0.6 is 27.5 Å². The SMILES string of the molecule is CCCN(Cc1ccc(Cl)cc1Br)C1CCCNC1. The molecule has 0 amide bonds. The molecule has 0 bridgehead atoms. The molecule has 0 saturated carbocycles. The van der Waals surface area contributed by atoms with Gasteiger partial charge in [-0.2, -0.15) is 0 Å². The predicted octanol–water partition coefficient (Wildman–Crippen LogP) is 4.07. The molecule has 2 nitrogen and oxygen atoms in total. The molecular formula is C15H22BrClN2. The zero-order valence-electron chi connectivity index (χ0n) is 11.5. The first-order valence-corrected chi connectivity index (χ1v) is 8.26. The first-order chi connectivity index (χ1) is 9.20. The summed E-state index contributed by atoms with van der Waals surface area (Å²) in [6.45, 7) is 6.69. The molecule has 1 atom stereocenters. The topological polar surface area (TPSA) is 15.3 Å². The van der Waals surface area contributed by atoms with Crippen LogP contribution in [0, 0.1) is 0 Å². The summed E-state index contributed by atoms with van der Waals surface area (Å²) in [7, 11) is 0. The third-order valence-corrected chi connectivity index (χ3v) is 4.66. The maximum atomic E-state index is 6.01. The van der Waals surface area contributed by atoms with E-state index in [0.717, 1.165) is 29.1 Å². The molecule has 106 valence electrons. The van der Waals surface area contributed by atoms with Gasteiger partial charge in [-0.05, 0) is 50.0 Å². The summed E-state index contributed by atoms with van der Waals surface area (Å²) in [5.41, 5.74) is 1.32. The fourth-order valence-corrected chi connectivity index (χ4v) is 3.50. The van der Waals surface area contributed by atoms with Crippen molar-refractivity contribution in [3.8, 4) is 0 Å². The van der Waals surface area contributed by atoms with Crippen LogP contribution in [0.4, 0.5) is 0 Å². The number of nitrogens with zero attached hydrogens (tertiary/aromatic N) is 1. The minimum Gasteiger partial charge on any atom is -0.315 e. The normalized spacial score (nSPS) is 19.9. The van der Waals surface area contributed by atoms with Crippen molar-refractivity contribution in [3.63, 3.8) is 0 Å². The van der Waals surface area contributed by atoms with Gasteiger partial charge in [-0.3, -0.25) is 4.90 Å². The van der Waals surface area contributed by atoms with Crippen molar-refractivity contribution in [3.05, 3.63) is 33.3 Å². The Balaban J connectivity index is 2.06. The van der Waals surface area contributed by atoms with Crippen molar-refractivity contribution in [2.75, 3.05) is 19.6 Å². The highest BCUT2D eigenvalue weighted by Gasteiger charge is 2.20. The zero-order chi connectivity index (χ0) is 13.7. The smallest absolute Gasteiger partial charge is 0.0417 e. The summed E-state index contributed by atoms with van der Waals surface area (Å²) >= 11 is 9.63. The Morgan fingerprint density at radius 3 is 2.95 bits per heavy atom. The summed E-state index contributed by atoms with van der Waals surface area (Å²) < 4.78 is 1.12. The number of benzene rings is 1. The lowest BCUT2D eigenvalue weighted by Crippen LogP contribution is -2.45. The van der Waals surface area contributed by atoms with Crippen LogP contribution in [0.5, 0.6) is 0 Å². The Labute approximate surface area is 129 Å². The van der Waals surface area contributed by atoms with Crippen LogP contribution in [0.1, 0.15) is 31.7 Å². The van der Waals surface area contributed by atoms with Gasteiger partial charge in [-0.15, -0.1) is 0 Å². The van der Waals surface area contributed by atoms with Crippen LogP contribution in [0.2, 0.25) is 5.02 Å². The van der Waals surface area contributed by atoms with E-state index in [1.165, 1.54) is 31.4 Å². The van der Waals surface area contributed by atoms with Crippen molar-refractivity contribution in [1.82, 2.24) is 10.2 Å².